The van der Waals surface area contributed by atoms with Gasteiger partial charge in [0.05, 0.1) is 6.54 Å². The van der Waals surface area contributed by atoms with Gasteiger partial charge in [-0.3, -0.25) is 0 Å². The molecule has 0 aliphatic heterocycles. The van der Waals surface area contributed by atoms with Crippen molar-refractivity contribution in [3.8, 4) is 0 Å². The van der Waals surface area contributed by atoms with Crippen LogP contribution in [0.4, 0.5) is 10.1 Å². The Bertz CT molecular complexity index is 575. The maximum Gasteiger partial charge on any atom is 0.123 e. The summed E-state index contributed by atoms with van der Waals surface area (Å²) in [6.45, 7) is 7.67. The molecule has 0 bridgehead atoms. The van der Waals surface area contributed by atoms with E-state index >= 15 is 0 Å². The Kier molecular flexibility index (Phi) is 5.02. The quantitative estimate of drug-likeness (QED) is 0.875. The van der Waals surface area contributed by atoms with Gasteiger partial charge in [-0.1, -0.05) is 13.8 Å². The van der Waals surface area contributed by atoms with Crippen LogP contribution in [0.1, 0.15) is 30.9 Å². The molecule has 0 aliphatic carbocycles. The topological polar surface area (TPSA) is 28.4 Å². The summed E-state index contributed by atoms with van der Waals surface area (Å²) in [5.74, 6) is 1.67. The van der Waals surface area contributed by atoms with Gasteiger partial charge in [-0.25, -0.2) is 4.39 Å². The zero-order chi connectivity index (χ0) is 15.4. The van der Waals surface area contributed by atoms with Crippen LogP contribution in [0.25, 0.3) is 0 Å². The molecule has 0 amide bonds. The van der Waals surface area contributed by atoms with E-state index in [2.05, 4.69) is 30.1 Å². The number of nitrogens with zero attached hydrogens (tertiary/aromatic N) is 1. The SMILES string of the molecule is Cc1oc(CNC(C)C)cc1CN(C)c1ccc(F)cc1. The van der Waals surface area contributed by atoms with E-state index < -0.39 is 0 Å². The van der Waals surface area contributed by atoms with Crippen molar-refractivity contribution < 1.29 is 8.81 Å². The normalized spacial score (nSPS) is 11.1. The number of halogens is 1. The predicted octanol–water partition coefficient (Wildman–Crippen LogP) is 3.86. The number of nitrogens with one attached hydrogen (secondary N) is 1. The fourth-order valence-electron chi connectivity index (χ4n) is 2.18. The Morgan fingerprint density at radius 1 is 1.24 bits per heavy atom. The van der Waals surface area contributed by atoms with Crippen LogP contribution in [0.2, 0.25) is 0 Å². The smallest absolute Gasteiger partial charge is 0.123 e. The molecule has 1 aromatic heterocycles. The average Bonchev–Trinajstić information content (AvgIpc) is 2.78. The molecule has 0 unspecified atom stereocenters. The van der Waals surface area contributed by atoms with Crippen molar-refractivity contribution in [1.29, 1.82) is 0 Å². The minimum Gasteiger partial charge on any atom is -0.465 e. The van der Waals surface area contributed by atoms with Crippen LogP contribution >= 0.6 is 0 Å². The molecule has 1 aromatic carbocycles. The van der Waals surface area contributed by atoms with Crippen LogP contribution < -0.4 is 10.2 Å². The van der Waals surface area contributed by atoms with Crippen LogP contribution in [0.3, 0.4) is 0 Å². The van der Waals surface area contributed by atoms with Gasteiger partial charge in [-0.2, -0.15) is 0 Å². The Hall–Kier alpha value is -1.81. The van der Waals surface area contributed by atoms with Gasteiger partial charge in [0.15, 0.2) is 0 Å². The molecule has 1 N–H and O–H groups in total. The van der Waals surface area contributed by atoms with E-state index in [4.69, 9.17) is 4.42 Å². The highest BCUT2D eigenvalue weighted by Crippen LogP contribution is 2.20. The standard InChI is InChI=1S/C17H23FN2O/c1-12(2)19-10-17-9-14(13(3)21-17)11-20(4)16-7-5-15(18)6-8-16/h5-9,12,19H,10-11H2,1-4H3. The second kappa shape index (κ2) is 6.76. The first-order chi connectivity index (χ1) is 9.95. The van der Waals surface area contributed by atoms with Gasteiger partial charge in [0, 0.05) is 30.9 Å². The monoisotopic (exact) mass is 290 g/mol. The third-order valence-corrected chi connectivity index (χ3v) is 3.43. The van der Waals surface area contributed by atoms with E-state index in [1.807, 2.05) is 14.0 Å². The molecule has 21 heavy (non-hydrogen) atoms. The molecule has 0 spiro atoms. The second-order valence-electron chi connectivity index (χ2n) is 5.66. The first kappa shape index (κ1) is 15.6. The van der Waals surface area contributed by atoms with E-state index in [0.29, 0.717) is 6.04 Å². The van der Waals surface area contributed by atoms with E-state index in [1.165, 1.54) is 12.1 Å². The Morgan fingerprint density at radius 2 is 1.90 bits per heavy atom. The van der Waals surface area contributed by atoms with Gasteiger partial charge >= 0.3 is 0 Å². The third-order valence-electron chi connectivity index (χ3n) is 3.43. The fraction of sp³-hybridized carbons (Fsp3) is 0.412. The van der Waals surface area contributed by atoms with Gasteiger partial charge in [-0.05, 0) is 37.3 Å². The highest BCUT2D eigenvalue weighted by atomic mass is 19.1. The Labute approximate surface area is 125 Å². The summed E-state index contributed by atoms with van der Waals surface area (Å²) in [6.07, 6.45) is 0. The Morgan fingerprint density at radius 3 is 2.52 bits per heavy atom. The van der Waals surface area contributed by atoms with Crippen molar-refractivity contribution >= 4 is 5.69 Å². The van der Waals surface area contributed by atoms with Gasteiger partial charge in [0.1, 0.15) is 17.3 Å². The van der Waals surface area contributed by atoms with Crippen LogP contribution in [-0.4, -0.2) is 13.1 Å². The molecule has 3 nitrogen and oxygen atoms in total. The molecule has 0 fully saturated rings. The third kappa shape index (κ3) is 4.33. The minimum atomic E-state index is -0.214. The van der Waals surface area contributed by atoms with Gasteiger partial charge in [0.25, 0.3) is 0 Å². The fourth-order valence-corrected chi connectivity index (χ4v) is 2.18. The van der Waals surface area contributed by atoms with Crippen molar-refractivity contribution in [2.24, 2.45) is 0 Å². The number of anilines is 1. The van der Waals surface area contributed by atoms with Gasteiger partial charge in [0.2, 0.25) is 0 Å². The van der Waals surface area contributed by atoms with E-state index in [9.17, 15) is 4.39 Å². The van der Waals surface area contributed by atoms with Crippen molar-refractivity contribution in [3.63, 3.8) is 0 Å². The lowest BCUT2D eigenvalue weighted by molar-refractivity contribution is 0.446. The lowest BCUT2D eigenvalue weighted by Crippen LogP contribution is -2.21. The molecular weight excluding hydrogens is 267 g/mol. The summed E-state index contributed by atoms with van der Waals surface area (Å²) in [6, 6.07) is 9.04. The molecule has 114 valence electrons. The summed E-state index contributed by atoms with van der Waals surface area (Å²) in [7, 11) is 1.99. The molecule has 4 heteroatoms. The highest BCUT2D eigenvalue weighted by Gasteiger charge is 2.10. The van der Waals surface area contributed by atoms with Crippen molar-refractivity contribution in [1.82, 2.24) is 5.32 Å². The summed E-state index contributed by atoms with van der Waals surface area (Å²) in [5, 5.41) is 3.34. The Balaban J connectivity index is 2.03. The van der Waals surface area contributed by atoms with Crippen LogP contribution in [0.5, 0.6) is 0 Å². The van der Waals surface area contributed by atoms with Crippen LogP contribution in [0, 0.1) is 12.7 Å². The summed E-state index contributed by atoms with van der Waals surface area (Å²) in [5.41, 5.74) is 2.14. The zero-order valence-corrected chi connectivity index (χ0v) is 13.1. The van der Waals surface area contributed by atoms with Crippen LogP contribution in [-0.2, 0) is 13.1 Å². The van der Waals surface area contributed by atoms with Gasteiger partial charge < -0.3 is 14.6 Å². The van der Waals surface area contributed by atoms with Crippen molar-refractivity contribution in [3.05, 3.63) is 53.2 Å². The number of aryl methyl sites for hydroxylation is 1. The molecule has 0 atom stereocenters. The molecule has 0 aliphatic rings. The number of rotatable bonds is 6. The van der Waals surface area contributed by atoms with Gasteiger partial charge in [-0.15, -0.1) is 0 Å². The predicted molar refractivity (Wildman–Crippen MR) is 83.9 cm³/mol. The lowest BCUT2D eigenvalue weighted by Gasteiger charge is -2.18. The minimum absolute atomic E-state index is 0.214. The first-order valence-electron chi connectivity index (χ1n) is 7.24. The first-order valence-corrected chi connectivity index (χ1v) is 7.24. The molecule has 0 saturated heterocycles. The van der Waals surface area contributed by atoms with E-state index in [-0.39, 0.29) is 5.82 Å². The highest BCUT2D eigenvalue weighted by molar-refractivity contribution is 5.46. The maximum atomic E-state index is 13.0. The number of hydrogen-bond donors (Lipinski definition) is 1. The van der Waals surface area contributed by atoms with E-state index in [1.54, 1.807) is 12.1 Å². The zero-order valence-electron chi connectivity index (χ0n) is 13.1. The van der Waals surface area contributed by atoms with Crippen LogP contribution in [0.15, 0.2) is 34.7 Å². The average molecular weight is 290 g/mol. The molecule has 2 rings (SSSR count). The number of furan rings is 1. The summed E-state index contributed by atoms with van der Waals surface area (Å²) >= 11 is 0. The number of benzene rings is 1. The summed E-state index contributed by atoms with van der Waals surface area (Å²) in [4.78, 5) is 2.08. The molecule has 1 heterocycles. The summed E-state index contributed by atoms with van der Waals surface area (Å²) < 4.78 is 18.7. The van der Waals surface area contributed by atoms with E-state index in [0.717, 1.165) is 35.9 Å². The number of hydrogen-bond acceptors (Lipinski definition) is 3. The molecule has 0 radical (unpaired) electrons. The molecule has 0 saturated carbocycles. The molecule has 2 aromatic rings. The lowest BCUT2D eigenvalue weighted by atomic mass is 10.2. The second-order valence-corrected chi connectivity index (χ2v) is 5.66. The molecular formula is C17H23FN2O. The maximum absolute atomic E-state index is 13.0. The van der Waals surface area contributed by atoms with Crippen molar-refractivity contribution in [2.75, 3.05) is 11.9 Å². The largest absolute Gasteiger partial charge is 0.465 e. The van der Waals surface area contributed by atoms with Crippen molar-refractivity contribution in [2.45, 2.75) is 39.9 Å².